The van der Waals surface area contributed by atoms with Gasteiger partial charge < -0.3 is 9.84 Å². The predicted octanol–water partition coefficient (Wildman–Crippen LogP) is 2.25. The Morgan fingerprint density at radius 2 is 1.75 bits per heavy atom. The molecule has 1 aliphatic carbocycles. The highest BCUT2D eigenvalue weighted by atomic mass is 19.2. The summed E-state index contributed by atoms with van der Waals surface area (Å²) >= 11 is 0. The number of ether oxygens (including phenoxy) is 1. The maximum absolute atomic E-state index is 13.1. The van der Waals surface area contributed by atoms with Gasteiger partial charge in [0.05, 0.1) is 12.7 Å². The molecule has 0 unspecified atom stereocenters. The molecule has 0 amide bonds. The number of aliphatic hydroxyl groups excluding tert-OH is 1. The van der Waals surface area contributed by atoms with E-state index in [1.165, 1.54) is 0 Å². The van der Waals surface area contributed by atoms with Crippen molar-refractivity contribution in [2.75, 3.05) is 6.61 Å². The second kappa shape index (κ2) is 4.33. The fraction of sp³-hybridized carbons (Fsp3) is 0.455. The third-order valence-electron chi connectivity index (χ3n) is 2.66. The monoisotopic (exact) mass is 232 g/mol. The summed E-state index contributed by atoms with van der Waals surface area (Å²) in [5, 5.41) is 9.01. The molecule has 1 N–H and O–H groups in total. The van der Waals surface area contributed by atoms with Gasteiger partial charge in [-0.2, -0.15) is 0 Å². The molecule has 16 heavy (non-hydrogen) atoms. The van der Waals surface area contributed by atoms with Crippen LogP contribution < -0.4 is 4.74 Å². The fourth-order valence-corrected chi connectivity index (χ4v) is 1.66. The number of aliphatic hydroxyl groups is 1. The minimum Gasteiger partial charge on any atom is -0.490 e. The van der Waals surface area contributed by atoms with Crippen LogP contribution in [-0.4, -0.2) is 17.8 Å². The minimum absolute atomic E-state index is 0.155. The lowest BCUT2D eigenvalue weighted by Gasteiger charge is -2.30. The zero-order chi connectivity index (χ0) is 11.7. The van der Waals surface area contributed by atoms with Gasteiger partial charge >= 0.3 is 0 Å². The van der Waals surface area contributed by atoms with Crippen LogP contribution in [0.5, 0.6) is 5.75 Å². The highest BCUT2D eigenvalue weighted by Gasteiger charge is 2.27. The molecule has 0 aromatic heterocycles. The Bertz CT molecular complexity index is 389. The molecule has 88 valence electrons. The Labute approximate surface area is 90.7 Å². The van der Waals surface area contributed by atoms with Gasteiger partial charge in [-0.15, -0.1) is 0 Å². The second-order valence-corrected chi connectivity index (χ2v) is 4.00. The molecule has 2 nitrogen and oxygen atoms in total. The zero-order valence-electron chi connectivity index (χ0n) is 8.42. The third-order valence-corrected chi connectivity index (χ3v) is 2.66. The van der Waals surface area contributed by atoms with Gasteiger partial charge in [0.1, 0.15) is 0 Å². The van der Waals surface area contributed by atoms with E-state index in [2.05, 4.69) is 0 Å². The molecule has 0 heterocycles. The Morgan fingerprint density at radius 1 is 1.12 bits per heavy atom. The number of rotatable bonds is 3. The van der Waals surface area contributed by atoms with Crippen LogP contribution >= 0.6 is 0 Å². The first kappa shape index (κ1) is 11.3. The van der Waals surface area contributed by atoms with Gasteiger partial charge in [0.25, 0.3) is 0 Å². The van der Waals surface area contributed by atoms with Gasteiger partial charge in [-0.25, -0.2) is 13.2 Å². The molecule has 1 aliphatic rings. The molecule has 1 aromatic rings. The van der Waals surface area contributed by atoms with Gasteiger partial charge in [0.2, 0.25) is 0 Å². The van der Waals surface area contributed by atoms with E-state index in [1.54, 1.807) is 0 Å². The molecular formula is C11H11F3O2. The number of hydrogen-bond acceptors (Lipinski definition) is 2. The number of hydrogen-bond donors (Lipinski definition) is 1. The SMILES string of the molecule is O[C@H]1C[C@@H](COc2cc(F)c(F)cc2F)C1. The van der Waals surface area contributed by atoms with E-state index in [-0.39, 0.29) is 24.4 Å². The van der Waals surface area contributed by atoms with Gasteiger partial charge in [-0.3, -0.25) is 0 Å². The van der Waals surface area contributed by atoms with E-state index in [0.717, 1.165) is 0 Å². The predicted molar refractivity (Wildman–Crippen MR) is 50.5 cm³/mol. The molecule has 0 atom stereocenters. The van der Waals surface area contributed by atoms with Crippen molar-refractivity contribution in [1.29, 1.82) is 0 Å². The topological polar surface area (TPSA) is 29.5 Å². The van der Waals surface area contributed by atoms with Gasteiger partial charge in [0.15, 0.2) is 23.2 Å². The summed E-state index contributed by atoms with van der Waals surface area (Å²) in [7, 11) is 0. The average Bonchev–Trinajstić information content (AvgIpc) is 2.18. The Hall–Kier alpha value is -1.23. The lowest BCUT2D eigenvalue weighted by Crippen LogP contribution is -2.32. The summed E-state index contributed by atoms with van der Waals surface area (Å²) in [6, 6.07) is 1.15. The highest BCUT2D eigenvalue weighted by molar-refractivity contribution is 5.26. The molecule has 0 bridgehead atoms. The van der Waals surface area contributed by atoms with Crippen molar-refractivity contribution in [1.82, 2.24) is 0 Å². The Balaban J connectivity index is 1.96. The first-order valence-corrected chi connectivity index (χ1v) is 5.01. The molecule has 1 saturated carbocycles. The van der Waals surface area contributed by atoms with Crippen molar-refractivity contribution in [3.05, 3.63) is 29.6 Å². The van der Waals surface area contributed by atoms with Crippen LogP contribution in [0.4, 0.5) is 13.2 Å². The molecule has 5 heteroatoms. The van der Waals surface area contributed by atoms with Crippen molar-refractivity contribution >= 4 is 0 Å². The van der Waals surface area contributed by atoms with E-state index in [4.69, 9.17) is 9.84 Å². The second-order valence-electron chi connectivity index (χ2n) is 4.00. The number of benzene rings is 1. The highest BCUT2D eigenvalue weighted by Crippen LogP contribution is 2.29. The lowest BCUT2D eigenvalue weighted by atomic mass is 9.83. The van der Waals surface area contributed by atoms with Gasteiger partial charge in [0, 0.05) is 12.1 Å². The van der Waals surface area contributed by atoms with E-state index in [0.29, 0.717) is 25.0 Å². The maximum atomic E-state index is 13.1. The molecule has 2 rings (SSSR count). The van der Waals surface area contributed by atoms with Crippen molar-refractivity contribution in [2.24, 2.45) is 5.92 Å². The maximum Gasteiger partial charge on any atom is 0.168 e. The first-order valence-electron chi connectivity index (χ1n) is 5.01. The van der Waals surface area contributed by atoms with Gasteiger partial charge in [-0.1, -0.05) is 0 Å². The molecule has 0 radical (unpaired) electrons. The first-order chi connectivity index (χ1) is 7.56. The normalized spacial score (nSPS) is 24.0. The fourth-order valence-electron chi connectivity index (χ4n) is 1.66. The third kappa shape index (κ3) is 2.29. The minimum atomic E-state index is -1.23. The summed E-state index contributed by atoms with van der Waals surface area (Å²) in [5.41, 5.74) is 0. The van der Waals surface area contributed by atoms with Crippen molar-refractivity contribution in [3.63, 3.8) is 0 Å². The van der Waals surface area contributed by atoms with E-state index >= 15 is 0 Å². The summed E-state index contributed by atoms with van der Waals surface area (Å²) in [5.74, 6) is -3.42. The standard InChI is InChI=1S/C11H11F3O2/c12-8-3-10(14)11(4-9(8)13)16-5-6-1-7(15)2-6/h3-4,6-7,15H,1-2,5H2/t6-,7+. The molecule has 1 fully saturated rings. The van der Waals surface area contributed by atoms with Crippen LogP contribution in [0.25, 0.3) is 0 Å². The summed E-state index contributed by atoms with van der Waals surface area (Å²) in [6.45, 7) is 0.207. The van der Waals surface area contributed by atoms with Crippen molar-refractivity contribution in [3.8, 4) is 5.75 Å². The molecule has 0 aliphatic heterocycles. The van der Waals surface area contributed by atoms with E-state index in [9.17, 15) is 13.2 Å². The zero-order valence-corrected chi connectivity index (χ0v) is 8.42. The quantitative estimate of drug-likeness (QED) is 0.810. The van der Waals surface area contributed by atoms with E-state index in [1.807, 2.05) is 0 Å². The van der Waals surface area contributed by atoms with E-state index < -0.39 is 17.5 Å². The molecule has 0 saturated heterocycles. The molecule has 1 aromatic carbocycles. The van der Waals surface area contributed by atoms with Crippen LogP contribution in [-0.2, 0) is 0 Å². The summed E-state index contributed by atoms with van der Waals surface area (Å²) in [4.78, 5) is 0. The molecule has 0 spiro atoms. The van der Waals surface area contributed by atoms with Crippen LogP contribution in [0.3, 0.4) is 0 Å². The van der Waals surface area contributed by atoms with Crippen molar-refractivity contribution < 1.29 is 23.0 Å². The summed E-state index contributed by atoms with van der Waals surface area (Å²) in [6.07, 6.45) is 0.889. The lowest BCUT2D eigenvalue weighted by molar-refractivity contribution is 0.0195. The van der Waals surface area contributed by atoms with Crippen LogP contribution in [0.2, 0.25) is 0 Å². The molecular weight excluding hydrogens is 221 g/mol. The van der Waals surface area contributed by atoms with Gasteiger partial charge in [-0.05, 0) is 18.8 Å². The van der Waals surface area contributed by atoms with Crippen LogP contribution in [0, 0.1) is 23.4 Å². The largest absolute Gasteiger partial charge is 0.490 e. The van der Waals surface area contributed by atoms with Crippen LogP contribution in [0.15, 0.2) is 12.1 Å². The van der Waals surface area contributed by atoms with Crippen molar-refractivity contribution in [2.45, 2.75) is 18.9 Å². The Morgan fingerprint density at radius 3 is 2.38 bits per heavy atom. The Kier molecular flexibility index (Phi) is 3.05. The smallest absolute Gasteiger partial charge is 0.168 e. The van der Waals surface area contributed by atoms with Crippen LogP contribution in [0.1, 0.15) is 12.8 Å². The average molecular weight is 232 g/mol. The summed E-state index contributed by atoms with van der Waals surface area (Å²) < 4.78 is 43.5. The number of halogens is 3.